The Morgan fingerprint density at radius 3 is 2.54 bits per heavy atom. The molecule has 6 heteroatoms. The van der Waals surface area contributed by atoms with Crippen LogP contribution in [0.15, 0.2) is 35.3 Å². The van der Waals surface area contributed by atoms with Crippen molar-refractivity contribution in [1.29, 1.82) is 0 Å². The van der Waals surface area contributed by atoms with Crippen molar-refractivity contribution in [2.75, 3.05) is 66.5 Å². The largest absolute Gasteiger partial charge is 0.357 e. The number of piperazine rings is 1. The van der Waals surface area contributed by atoms with Gasteiger partial charge in [0.15, 0.2) is 5.96 Å². The molecule has 0 radical (unpaired) electrons. The van der Waals surface area contributed by atoms with Gasteiger partial charge in [-0.1, -0.05) is 30.3 Å². The van der Waals surface area contributed by atoms with Crippen LogP contribution < -0.4 is 10.6 Å². The Balaban J connectivity index is 1.64. The fraction of sp³-hybridized carbons (Fsp3) is 0.682. The maximum Gasteiger partial charge on any atom is 0.191 e. The molecule has 2 unspecified atom stereocenters. The van der Waals surface area contributed by atoms with Gasteiger partial charge in [-0.2, -0.15) is 0 Å². The highest BCUT2D eigenvalue weighted by Crippen LogP contribution is 2.25. The summed E-state index contributed by atoms with van der Waals surface area (Å²) >= 11 is 0. The Labute approximate surface area is 171 Å². The second-order valence-electron chi connectivity index (χ2n) is 8.17. The van der Waals surface area contributed by atoms with Crippen LogP contribution in [0.1, 0.15) is 31.4 Å². The zero-order valence-electron chi connectivity index (χ0n) is 17.9. The topological polar surface area (TPSA) is 46.1 Å². The first-order chi connectivity index (χ1) is 13.7. The third-order valence-corrected chi connectivity index (χ3v) is 6.02. The van der Waals surface area contributed by atoms with E-state index in [2.05, 4.69) is 76.7 Å². The van der Waals surface area contributed by atoms with E-state index in [1.807, 2.05) is 0 Å². The summed E-state index contributed by atoms with van der Waals surface area (Å²) in [6, 6.07) is 11.7. The van der Waals surface area contributed by atoms with Crippen LogP contribution in [0.5, 0.6) is 0 Å². The van der Waals surface area contributed by atoms with Gasteiger partial charge in [-0.05, 0) is 52.5 Å². The average Bonchev–Trinajstić information content (AvgIpc) is 3.24. The number of likely N-dealkylation sites (N-methyl/N-ethyl adjacent to an activating group) is 2. The number of rotatable bonds is 7. The van der Waals surface area contributed by atoms with Crippen molar-refractivity contribution in [2.24, 2.45) is 4.99 Å². The normalized spacial score (nSPS) is 23.7. The van der Waals surface area contributed by atoms with Crippen molar-refractivity contribution in [3.63, 3.8) is 0 Å². The van der Waals surface area contributed by atoms with Gasteiger partial charge in [0, 0.05) is 38.8 Å². The van der Waals surface area contributed by atoms with E-state index in [4.69, 9.17) is 4.99 Å². The van der Waals surface area contributed by atoms with Crippen molar-refractivity contribution >= 4 is 5.96 Å². The molecule has 1 aromatic carbocycles. The fourth-order valence-corrected chi connectivity index (χ4v) is 4.22. The minimum absolute atomic E-state index is 0.364. The number of likely N-dealkylation sites (tertiary alicyclic amines) is 1. The summed E-state index contributed by atoms with van der Waals surface area (Å²) in [6.45, 7) is 10.5. The number of hydrogen-bond donors (Lipinski definition) is 2. The molecule has 2 fully saturated rings. The van der Waals surface area contributed by atoms with Crippen LogP contribution >= 0.6 is 0 Å². The Hall–Kier alpha value is -1.63. The summed E-state index contributed by atoms with van der Waals surface area (Å²) in [4.78, 5) is 12.4. The molecule has 0 saturated carbocycles. The quantitative estimate of drug-likeness (QED) is 0.551. The van der Waals surface area contributed by atoms with E-state index >= 15 is 0 Å². The lowest BCUT2D eigenvalue weighted by Gasteiger charge is -2.38. The SMILES string of the molecule is CCNC(=NCC(c1ccccc1)N1CCCC1)NCC1CN(C)CCN1C. The smallest absolute Gasteiger partial charge is 0.191 e. The minimum atomic E-state index is 0.364. The molecule has 0 spiro atoms. The van der Waals surface area contributed by atoms with E-state index in [0.717, 1.165) is 45.2 Å². The average molecular weight is 387 g/mol. The second kappa shape index (κ2) is 10.8. The molecule has 2 heterocycles. The molecule has 0 aromatic heterocycles. The third kappa shape index (κ3) is 5.93. The standard InChI is InChI=1S/C22H38N6/c1-4-23-22(24-16-20-18-26(2)14-15-27(20)3)25-17-21(28-12-8-9-13-28)19-10-6-5-7-11-19/h5-7,10-11,20-21H,4,8-9,12-18H2,1-3H3,(H2,23,24,25). The Kier molecular flexibility index (Phi) is 8.13. The first-order valence-corrected chi connectivity index (χ1v) is 10.9. The van der Waals surface area contributed by atoms with Gasteiger partial charge >= 0.3 is 0 Å². The summed E-state index contributed by atoms with van der Waals surface area (Å²) in [6.07, 6.45) is 2.60. The summed E-state index contributed by atoms with van der Waals surface area (Å²) in [7, 11) is 4.43. The number of aliphatic imine (C=N–C) groups is 1. The first-order valence-electron chi connectivity index (χ1n) is 10.9. The van der Waals surface area contributed by atoms with E-state index in [-0.39, 0.29) is 0 Å². The van der Waals surface area contributed by atoms with E-state index in [1.165, 1.54) is 31.5 Å². The predicted octanol–water partition coefficient (Wildman–Crippen LogP) is 1.62. The van der Waals surface area contributed by atoms with Crippen LogP contribution in [-0.4, -0.2) is 93.2 Å². The second-order valence-corrected chi connectivity index (χ2v) is 8.17. The summed E-state index contributed by atoms with van der Waals surface area (Å²) in [5.41, 5.74) is 1.37. The molecule has 0 amide bonds. The molecule has 0 aliphatic carbocycles. The number of hydrogen-bond acceptors (Lipinski definition) is 4. The highest BCUT2D eigenvalue weighted by atomic mass is 15.3. The van der Waals surface area contributed by atoms with Crippen LogP contribution in [0.4, 0.5) is 0 Å². The highest BCUT2D eigenvalue weighted by molar-refractivity contribution is 5.79. The van der Waals surface area contributed by atoms with Gasteiger partial charge in [0.25, 0.3) is 0 Å². The summed E-state index contributed by atoms with van der Waals surface area (Å²) in [5, 5.41) is 7.02. The summed E-state index contributed by atoms with van der Waals surface area (Å²) < 4.78 is 0. The lowest BCUT2D eigenvalue weighted by Crippen LogP contribution is -2.55. The maximum atomic E-state index is 4.98. The van der Waals surface area contributed by atoms with Gasteiger partial charge in [-0.25, -0.2) is 0 Å². The molecule has 156 valence electrons. The van der Waals surface area contributed by atoms with Gasteiger partial charge in [0.05, 0.1) is 12.6 Å². The van der Waals surface area contributed by atoms with Crippen molar-refractivity contribution in [3.05, 3.63) is 35.9 Å². The monoisotopic (exact) mass is 386 g/mol. The lowest BCUT2D eigenvalue weighted by molar-refractivity contribution is 0.116. The minimum Gasteiger partial charge on any atom is -0.357 e. The highest BCUT2D eigenvalue weighted by Gasteiger charge is 2.24. The molecule has 1 aromatic rings. The first kappa shape index (κ1) is 21.1. The maximum absolute atomic E-state index is 4.98. The van der Waals surface area contributed by atoms with Crippen molar-refractivity contribution in [3.8, 4) is 0 Å². The van der Waals surface area contributed by atoms with Gasteiger partial charge in [0.1, 0.15) is 0 Å². The Bertz CT molecular complexity index is 598. The van der Waals surface area contributed by atoms with Gasteiger partial charge in [-0.3, -0.25) is 14.8 Å². The van der Waals surface area contributed by atoms with E-state index in [9.17, 15) is 0 Å². The molecular weight excluding hydrogens is 348 g/mol. The molecule has 2 N–H and O–H groups in total. The summed E-state index contributed by atoms with van der Waals surface area (Å²) in [5.74, 6) is 0.934. The molecule has 2 saturated heterocycles. The van der Waals surface area contributed by atoms with Crippen molar-refractivity contribution in [1.82, 2.24) is 25.3 Å². The molecule has 2 aliphatic rings. The Morgan fingerprint density at radius 1 is 1.07 bits per heavy atom. The van der Waals surface area contributed by atoms with Crippen LogP contribution in [0.2, 0.25) is 0 Å². The molecule has 2 aliphatic heterocycles. The van der Waals surface area contributed by atoms with Crippen LogP contribution in [0.25, 0.3) is 0 Å². The van der Waals surface area contributed by atoms with E-state index in [0.29, 0.717) is 12.1 Å². The van der Waals surface area contributed by atoms with Gasteiger partial charge in [-0.15, -0.1) is 0 Å². The van der Waals surface area contributed by atoms with Crippen LogP contribution in [0, 0.1) is 0 Å². The van der Waals surface area contributed by atoms with Crippen molar-refractivity contribution < 1.29 is 0 Å². The number of nitrogens with one attached hydrogen (secondary N) is 2. The number of guanidine groups is 1. The van der Waals surface area contributed by atoms with E-state index in [1.54, 1.807) is 0 Å². The van der Waals surface area contributed by atoms with Crippen LogP contribution in [0.3, 0.4) is 0 Å². The molecule has 0 bridgehead atoms. The molecule has 28 heavy (non-hydrogen) atoms. The Morgan fingerprint density at radius 2 is 1.82 bits per heavy atom. The zero-order chi connectivity index (χ0) is 19.8. The van der Waals surface area contributed by atoms with Crippen molar-refractivity contribution in [2.45, 2.75) is 31.8 Å². The molecule has 2 atom stereocenters. The predicted molar refractivity (Wildman–Crippen MR) is 118 cm³/mol. The number of nitrogens with zero attached hydrogens (tertiary/aromatic N) is 4. The third-order valence-electron chi connectivity index (χ3n) is 6.02. The van der Waals surface area contributed by atoms with Gasteiger partial charge < -0.3 is 15.5 Å². The lowest BCUT2D eigenvalue weighted by atomic mass is 10.1. The number of benzene rings is 1. The van der Waals surface area contributed by atoms with E-state index < -0.39 is 0 Å². The van der Waals surface area contributed by atoms with Crippen LogP contribution in [-0.2, 0) is 0 Å². The molecule has 6 nitrogen and oxygen atoms in total. The fourth-order valence-electron chi connectivity index (χ4n) is 4.22. The molecular formula is C22H38N6. The van der Waals surface area contributed by atoms with Gasteiger partial charge in [0.2, 0.25) is 0 Å². The molecule has 3 rings (SSSR count). The zero-order valence-corrected chi connectivity index (χ0v) is 17.9.